The average Bonchev–Trinajstić information content (AvgIpc) is 2.80. The van der Waals surface area contributed by atoms with Crippen LogP contribution in [-0.2, 0) is 30.2 Å². The molecule has 0 aliphatic carbocycles. The van der Waals surface area contributed by atoms with E-state index in [1.54, 1.807) is 0 Å². The normalized spacial score (nSPS) is 13.5. The molecule has 10 nitrogen and oxygen atoms in total. The van der Waals surface area contributed by atoms with Crippen molar-refractivity contribution in [3.05, 3.63) is 29.8 Å². The van der Waals surface area contributed by atoms with Crippen LogP contribution < -0.4 is 54.5 Å². The summed E-state index contributed by atoms with van der Waals surface area (Å²) in [7, 11) is -5.20. The summed E-state index contributed by atoms with van der Waals surface area (Å²) in [5.41, 5.74) is 0.599. The van der Waals surface area contributed by atoms with E-state index in [9.17, 15) is 33.5 Å². The number of rotatable bonds is 17. The van der Waals surface area contributed by atoms with Gasteiger partial charge in [-0.25, -0.2) is 0 Å². The van der Waals surface area contributed by atoms with E-state index in [-0.39, 0.29) is 90.4 Å². The molecule has 0 fully saturated rings. The molecule has 0 bridgehead atoms. The number of Topliss-reactive ketones (excluding diaryl/α,β-unsaturated/α-hetero) is 2. The Morgan fingerprint density at radius 2 is 1.68 bits per heavy atom. The molecule has 37 heavy (non-hydrogen) atoms. The van der Waals surface area contributed by atoms with Crippen LogP contribution in [0.5, 0.6) is 5.75 Å². The zero-order valence-electron chi connectivity index (χ0n) is 22.4. The third kappa shape index (κ3) is 14.8. The van der Waals surface area contributed by atoms with Gasteiger partial charge in [0, 0.05) is 18.8 Å². The molecule has 3 atom stereocenters. The first-order chi connectivity index (χ1) is 16.9. The molecule has 0 radical (unpaired) electrons. The third-order valence-electron chi connectivity index (χ3n) is 5.91. The minimum atomic E-state index is -5.20. The van der Waals surface area contributed by atoms with Crippen LogP contribution in [-0.4, -0.2) is 36.0 Å². The van der Waals surface area contributed by atoms with Crippen molar-refractivity contribution in [2.45, 2.75) is 78.7 Å². The molecule has 202 valence electrons. The van der Waals surface area contributed by atoms with Crippen LogP contribution in [0.1, 0.15) is 71.8 Å². The van der Waals surface area contributed by atoms with Crippen LogP contribution in [0.25, 0.3) is 0 Å². The molecular formula is C25H37N2NaO8P-. The number of unbranched alkanes of at least 4 members (excludes halogenated alkanes) is 2. The fourth-order valence-electron chi connectivity index (χ4n) is 3.64. The van der Waals surface area contributed by atoms with Gasteiger partial charge in [0.1, 0.15) is 19.4 Å². The van der Waals surface area contributed by atoms with Gasteiger partial charge in [-0.2, -0.15) is 0 Å². The topological polar surface area (TPSA) is 165 Å². The molecule has 1 aromatic carbocycles. The zero-order valence-corrected chi connectivity index (χ0v) is 25.3. The number of benzene rings is 1. The Balaban J connectivity index is 0.0000130. The smallest absolute Gasteiger partial charge is 0.780 e. The van der Waals surface area contributed by atoms with Gasteiger partial charge in [-0.1, -0.05) is 52.2 Å². The molecule has 3 unspecified atom stereocenters. The maximum atomic E-state index is 13.3. The number of nitrogens with one attached hydrogen (secondary N) is 2. The zero-order chi connectivity index (χ0) is 27.3. The standard InChI is InChI=1S/C25H39N2O8P.Na/c1-5-7-8-9-24(30)27-22(14-19-10-12-20(13-11-19)35-36(32,33)34)23(29)15-21(17(3)6-2)25(31)26-16-18(4)28;/h10-13,17,21-22H,5-9,14-16H2,1-4H3,(H,26,31)(H,27,30)(H2,32,33,34);/q;+1/p-2. The largest absolute Gasteiger partial charge is 1.00 e. The van der Waals surface area contributed by atoms with Crippen LogP contribution in [0.3, 0.4) is 0 Å². The van der Waals surface area contributed by atoms with E-state index in [1.165, 1.54) is 31.2 Å². The Bertz CT molecular complexity index is 935. The van der Waals surface area contributed by atoms with Gasteiger partial charge in [0.25, 0.3) is 0 Å². The van der Waals surface area contributed by atoms with Crippen LogP contribution in [0.2, 0.25) is 0 Å². The van der Waals surface area contributed by atoms with Crippen LogP contribution >= 0.6 is 7.82 Å². The summed E-state index contributed by atoms with van der Waals surface area (Å²) in [4.78, 5) is 71.5. The Morgan fingerprint density at radius 3 is 2.19 bits per heavy atom. The fraction of sp³-hybridized carbons (Fsp3) is 0.600. The van der Waals surface area contributed by atoms with Crippen molar-refractivity contribution in [1.82, 2.24) is 10.6 Å². The average molecular weight is 548 g/mol. The van der Waals surface area contributed by atoms with Crippen molar-refractivity contribution in [2.75, 3.05) is 6.54 Å². The minimum absolute atomic E-state index is 0. The number of hydrogen-bond acceptors (Lipinski definition) is 8. The Labute approximate surface area is 241 Å². The number of hydrogen-bond donors (Lipinski definition) is 2. The first kappa shape index (κ1) is 35.5. The van der Waals surface area contributed by atoms with Gasteiger partial charge in [-0.3, -0.25) is 19.2 Å². The Morgan fingerprint density at radius 1 is 1.05 bits per heavy atom. The van der Waals surface area contributed by atoms with Gasteiger partial charge in [0.2, 0.25) is 11.8 Å². The Kier molecular flexibility index (Phi) is 17.1. The van der Waals surface area contributed by atoms with Gasteiger partial charge in [0.05, 0.1) is 12.6 Å². The van der Waals surface area contributed by atoms with E-state index >= 15 is 0 Å². The van der Waals surface area contributed by atoms with Crippen molar-refractivity contribution in [3.8, 4) is 5.75 Å². The molecule has 1 rings (SSSR count). The van der Waals surface area contributed by atoms with Gasteiger partial charge in [0.15, 0.2) is 5.78 Å². The summed E-state index contributed by atoms with van der Waals surface area (Å²) in [6, 6.07) is 4.67. The van der Waals surface area contributed by atoms with E-state index in [4.69, 9.17) is 0 Å². The molecule has 0 heterocycles. The first-order valence-corrected chi connectivity index (χ1v) is 13.7. The van der Waals surface area contributed by atoms with E-state index in [2.05, 4.69) is 15.2 Å². The molecule has 0 aromatic heterocycles. The molecular weight excluding hydrogens is 510 g/mol. The molecule has 12 heteroatoms. The van der Waals surface area contributed by atoms with Gasteiger partial charge in [-0.05, 0) is 43.4 Å². The maximum absolute atomic E-state index is 13.3. The Hall–Kier alpha value is -1.55. The van der Waals surface area contributed by atoms with E-state index in [0.29, 0.717) is 18.4 Å². The summed E-state index contributed by atoms with van der Waals surface area (Å²) >= 11 is 0. The monoisotopic (exact) mass is 547 g/mol. The molecule has 0 saturated carbocycles. The van der Waals surface area contributed by atoms with Gasteiger partial charge < -0.3 is 29.5 Å². The predicted octanol–water partition coefficient (Wildman–Crippen LogP) is -1.17. The quantitative estimate of drug-likeness (QED) is 0.140. The van der Waals surface area contributed by atoms with Gasteiger partial charge >= 0.3 is 29.6 Å². The van der Waals surface area contributed by atoms with Crippen molar-refractivity contribution >= 4 is 31.2 Å². The minimum Gasteiger partial charge on any atom is -0.780 e. The molecule has 2 amide bonds. The second kappa shape index (κ2) is 17.9. The van der Waals surface area contributed by atoms with Crippen molar-refractivity contribution in [1.29, 1.82) is 0 Å². The SMILES string of the molecule is CCCCCC(=O)NC(Cc1ccc(OP(=O)([O-])[O-])cc1)C(=O)CC(C(=O)NCC(C)=O)C(C)CC.[Na+]. The molecule has 0 aliphatic rings. The summed E-state index contributed by atoms with van der Waals surface area (Å²) < 4.78 is 15.1. The summed E-state index contributed by atoms with van der Waals surface area (Å²) in [5, 5.41) is 5.35. The van der Waals surface area contributed by atoms with Crippen molar-refractivity contribution < 1.29 is 67.6 Å². The maximum Gasteiger partial charge on any atom is 1.00 e. The number of ketones is 2. The number of phosphoric ester groups is 1. The summed E-state index contributed by atoms with van der Waals surface area (Å²) in [6.45, 7) is 7.01. The summed E-state index contributed by atoms with van der Waals surface area (Å²) in [5.74, 6) is -2.15. The second-order valence-electron chi connectivity index (χ2n) is 9.05. The molecule has 2 N–H and O–H groups in total. The molecule has 0 spiro atoms. The van der Waals surface area contributed by atoms with Gasteiger partial charge in [-0.15, -0.1) is 0 Å². The summed E-state index contributed by atoms with van der Waals surface area (Å²) in [6.07, 6.45) is 3.40. The van der Waals surface area contributed by atoms with Crippen LogP contribution in [0.15, 0.2) is 24.3 Å². The van der Waals surface area contributed by atoms with E-state index < -0.39 is 19.8 Å². The third-order valence-corrected chi connectivity index (χ3v) is 6.35. The van der Waals surface area contributed by atoms with Crippen molar-refractivity contribution in [2.24, 2.45) is 11.8 Å². The fourth-order valence-corrected chi connectivity index (χ4v) is 4.02. The van der Waals surface area contributed by atoms with Crippen LogP contribution in [0, 0.1) is 11.8 Å². The predicted molar refractivity (Wildman–Crippen MR) is 131 cm³/mol. The number of carbonyl (C=O) groups is 4. The number of amides is 2. The molecule has 0 aliphatic heterocycles. The molecule has 1 aromatic rings. The molecule has 0 saturated heterocycles. The van der Waals surface area contributed by atoms with E-state index in [1.807, 2.05) is 20.8 Å². The van der Waals surface area contributed by atoms with Crippen molar-refractivity contribution in [3.63, 3.8) is 0 Å². The van der Waals surface area contributed by atoms with E-state index in [0.717, 1.165) is 12.8 Å². The first-order valence-electron chi connectivity index (χ1n) is 12.3. The second-order valence-corrected chi connectivity index (χ2v) is 10.1. The number of carbonyl (C=O) groups excluding carboxylic acids is 4. The van der Waals surface area contributed by atoms with Crippen LogP contribution in [0.4, 0.5) is 0 Å². The number of phosphoric acid groups is 1.